The van der Waals surface area contributed by atoms with Crippen molar-refractivity contribution in [3.63, 3.8) is 0 Å². The molecule has 1 atom stereocenters. The van der Waals surface area contributed by atoms with Crippen molar-refractivity contribution in [2.45, 2.75) is 25.8 Å². The van der Waals surface area contributed by atoms with E-state index in [4.69, 9.17) is 23.2 Å². The monoisotopic (exact) mass is 315 g/mol. The third kappa shape index (κ3) is 3.41. The van der Waals surface area contributed by atoms with Crippen LogP contribution in [0.4, 0.5) is 0 Å². The zero-order chi connectivity index (χ0) is 14.7. The van der Waals surface area contributed by atoms with Gasteiger partial charge in [-0.05, 0) is 25.8 Å². The van der Waals surface area contributed by atoms with Crippen molar-refractivity contribution in [3.05, 3.63) is 28.0 Å². The number of rotatable bonds is 3. The highest BCUT2D eigenvalue weighted by Crippen LogP contribution is 2.18. The number of nitrogens with one attached hydrogen (secondary N) is 1. The molecular weight excluding hydrogens is 301 g/mol. The van der Waals surface area contributed by atoms with E-state index in [0.29, 0.717) is 0 Å². The summed E-state index contributed by atoms with van der Waals surface area (Å²) in [4.78, 5) is 29.7. The number of aromatic nitrogens is 1. The number of pyridine rings is 1. The summed E-state index contributed by atoms with van der Waals surface area (Å²) in [5.41, 5.74) is 0.215. The molecule has 1 fully saturated rings. The molecule has 0 aliphatic carbocycles. The van der Waals surface area contributed by atoms with Crippen LogP contribution in [-0.4, -0.2) is 40.8 Å². The summed E-state index contributed by atoms with van der Waals surface area (Å²) in [5.74, 6) is -0.508. The Hall–Kier alpha value is -1.33. The molecule has 0 saturated carbocycles. The first kappa shape index (κ1) is 15.1. The SMILES string of the molecule is CC(NC(=O)c1cc(Cl)ncc1Cl)C(=O)N1CCCC1. The van der Waals surface area contributed by atoms with Crippen LogP contribution in [-0.2, 0) is 4.79 Å². The highest BCUT2D eigenvalue weighted by Gasteiger charge is 2.25. The molecule has 7 heteroatoms. The van der Waals surface area contributed by atoms with Gasteiger partial charge in [0.1, 0.15) is 11.2 Å². The molecule has 1 aliphatic rings. The second-order valence-corrected chi connectivity index (χ2v) is 5.51. The summed E-state index contributed by atoms with van der Waals surface area (Å²) < 4.78 is 0. The van der Waals surface area contributed by atoms with Gasteiger partial charge in [-0.3, -0.25) is 9.59 Å². The van der Waals surface area contributed by atoms with Gasteiger partial charge < -0.3 is 10.2 Å². The molecule has 5 nitrogen and oxygen atoms in total. The van der Waals surface area contributed by atoms with Crippen molar-refractivity contribution >= 4 is 35.0 Å². The first-order chi connectivity index (χ1) is 9.49. The molecular formula is C13H15Cl2N3O2. The van der Waals surface area contributed by atoms with E-state index in [0.717, 1.165) is 25.9 Å². The Morgan fingerprint density at radius 3 is 2.65 bits per heavy atom. The van der Waals surface area contributed by atoms with Crippen molar-refractivity contribution in [2.75, 3.05) is 13.1 Å². The van der Waals surface area contributed by atoms with Crippen molar-refractivity contribution < 1.29 is 9.59 Å². The Morgan fingerprint density at radius 2 is 2.00 bits per heavy atom. The predicted octanol–water partition coefficient (Wildman–Crippen LogP) is 2.13. The maximum Gasteiger partial charge on any atom is 0.253 e. The number of hydrogen-bond acceptors (Lipinski definition) is 3. The quantitative estimate of drug-likeness (QED) is 0.869. The Balaban J connectivity index is 2.03. The molecule has 0 bridgehead atoms. The normalized spacial score (nSPS) is 16.1. The third-order valence-electron chi connectivity index (χ3n) is 3.20. The minimum absolute atomic E-state index is 0.0767. The molecule has 0 radical (unpaired) electrons. The molecule has 1 aromatic heterocycles. The molecule has 1 saturated heterocycles. The molecule has 2 heterocycles. The van der Waals surface area contributed by atoms with E-state index < -0.39 is 11.9 Å². The van der Waals surface area contributed by atoms with Crippen LogP contribution in [0.3, 0.4) is 0 Å². The van der Waals surface area contributed by atoms with Crippen molar-refractivity contribution in [3.8, 4) is 0 Å². The predicted molar refractivity (Wildman–Crippen MR) is 77.0 cm³/mol. The first-order valence-corrected chi connectivity index (χ1v) is 7.15. The van der Waals surface area contributed by atoms with E-state index in [2.05, 4.69) is 10.3 Å². The summed E-state index contributed by atoms with van der Waals surface area (Å²) >= 11 is 11.6. The fourth-order valence-electron chi connectivity index (χ4n) is 2.13. The Morgan fingerprint density at radius 1 is 1.35 bits per heavy atom. The summed E-state index contributed by atoms with van der Waals surface area (Å²) in [5, 5.41) is 3.02. The van der Waals surface area contributed by atoms with Gasteiger partial charge in [-0.15, -0.1) is 0 Å². The van der Waals surface area contributed by atoms with Gasteiger partial charge in [-0.1, -0.05) is 23.2 Å². The molecule has 2 rings (SSSR count). The Bertz CT molecular complexity index is 530. The third-order valence-corrected chi connectivity index (χ3v) is 3.71. The minimum atomic E-state index is -0.594. The molecule has 0 spiro atoms. The van der Waals surface area contributed by atoms with Gasteiger partial charge in [0.15, 0.2) is 0 Å². The number of nitrogens with zero attached hydrogens (tertiary/aromatic N) is 2. The number of hydrogen-bond donors (Lipinski definition) is 1. The van der Waals surface area contributed by atoms with Crippen LogP contribution in [0.15, 0.2) is 12.3 Å². The zero-order valence-electron chi connectivity index (χ0n) is 11.0. The molecule has 108 valence electrons. The van der Waals surface area contributed by atoms with Crippen LogP contribution in [0.2, 0.25) is 10.2 Å². The maximum absolute atomic E-state index is 12.1. The summed E-state index contributed by atoms with van der Waals surface area (Å²) in [6.07, 6.45) is 3.34. The molecule has 0 aromatic carbocycles. The van der Waals surface area contributed by atoms with Gasteiger partial charge in [0.25, 0.3) is 5.91 Å². The highest BCUT2D eigenvalue weighted by atomic mass is 35.5. The number of carbonyl (C=O) groups excluding carboxylic acids is 2. The highest BCUT2D eigenvalue weighted by molar-refractivity contribution is 6.35. The molecule has 1 aromatic rings. The van der Waals surface area contributed by atoms with Crippen molar-refractivity contribution in [1.29, 1.82) is 0 Å². The van der Waals surface area contributed by atoms with Crippen LogP contribution >= 0.6 is 23.2 Å². The van der Waals surface area contributed by atoms with Crippen LogP contribution < -0.4 is 5.32 Å². The van der Waals surface area contributed by atoms with E-state index >= 15 is 0 Å². The van der Waals surface area contributed by atoms with Gasteiger partial charge in [0.05, 0.1) is 10.6 Å². The smallest absolute Gasteiger partial charge is 0.253 e. The van der Waals surface area contributed by atoms with E-state index in [1.807, 2.05) is 0 Å². The summed E-state index contributed by atoms with van der Waals surface area (Å²) in [7, 11) is 0. The van der Waals surface area contributed by atoms with Crippen LogP contribution in [0.1, 0.15) is 30.1 Å². The van der Waals surface area contributed by atoms with E-state index in [9.17, 15) is 9.59 Å². The fourth-order valence-corrected chi connectivity index (χ4v) is 2.48. The molecule has 20 heavy (non-hydrogen) atoms. The molecule has 1 N–H and O–H groups in total. The van der Waals surface area contributed by atoms with Gasteiger partial charge in [-0.2, -0.15) is 0 Å². The lowest BCUT2D eigenvalue weighted by Gasteiger charge is -2.21. The van der Waals surface area contributed by atoms with Gasteiger partial charge in [0.2, 0.25) is 5.91 Å². The second-order valence-electron chi connectivity index (χ2n) is 4.71. The zero-order valence-corrected chi connectivity index (χ0v) is 12.5. The number of carbonyl (C=O) groups is 2. The van der Waals surface area contributed by atoms with Crippen LogP contribution in [0, 0.1) is 0 Å². The second kappa shape index (κ2) is 6.41. The molecule has 2 amide bonds. The lowest BCUT2D eigenvalue weighted by Crippen LogP contribution is -2.46. The standard InChI is InChI=1S/C13H15Cl2N3O2/c1-8(13(20)18-4-2-3-5-18)17-12(19)9-6-11(15)16-7-10(9)14/h6-8H,2-5H2,1H3,(H,17,19). The van der Waals surface area contributed by atoms with Gasteiger partial charge in [-0.25, -0.2) is 4.98 Å². The van der Waals surface area contributed by atoms with Crippen LogP contribution in [0.25, 0.3) is 0 Å². The first-order valence-electron chi connectivity index (χ1n) is 6.39. The summed E-state index contributed by atoms with van der Waals surface area (Å²) in [6.45, 7) is 3.16. The number of halogens is 2. The van der Waals surface area contributed by atoms with E-state index in [1.165, 1.54) is 12.3 Å². The molecule has 1 unspecified atom stereocenters. The lowest BCUT2D eigenvalue weighted by molar-refractivity contribution is -0.131. The topological polar surface area (TPSA) is 62.3 Å². The average molecular weight is 316 g/mol. The lowest BCUT2D eigenvalue weighted by atomic mass is 10.2. The van der Waals surface area contributed by atoms with E-state index in [-0.39, 0.29) is 21.6 Å². The maximum atomic E-state index is 12.1. The van der Waals surface area contributed by atoms with Crippen molar-refractivity contribution in [2.24, 2.45) is 0 Å². The van der Waals surface area contributed by atoms with Crippen molar-refractivity contribution in [1.82, 2.24) is 15.2 Å². The minimum Gasteiger partial charge on any atom is -0.341 e. The fraction of sp³-hybridized carbons (Fsp3) is 0.462. The Labute approximate surface area is 127 Å². The average Bonchev–Trinajstić information content (AvgIpc) is 2.94. The van der Waals surface area contributed by atoms with E-state index in [1.54, 1.807) is 11.8 Å². The number of amides is 2. The number of likely N-dealkylation sites (tertiary alicyclic amines) is 1. The Kier molecular flexibility index (Phi) is 4.83. The van der Waals surface area contributed by atoms with Crippen LogP contribution in [0.5, 0.6) is 0 Å². The van der Waals surface area contributed by atoms with Gasteiger partial charge in [0, 0.05) is 19.3 Å². The largest absolute Gasteiger partial charge is 0.341 e. The summed E-state index contributed by atoms with van der Waals surface area (Å²) in [6, 6.07) is 0.787. The molecule has 1 aliphatic heterocycles. The van der Waals surface area contributed by atoms with Gasteiger partial charge >= 0.3 is 0 Å².